The highest BCUT2D eigenvalue weighted by molar-refractivity contribution is 6.42. The van der Waals surface area contributed by atoms with Crippen LogP contribution in [0.2, 0.25) is 10.0 Å². The van der Waals surface area contributed by atoms with Crippen LogP contribution in [0.1, 0.15) is 5.56 Å². The van der Waals surface area contributed by atoms with Crippen LogP contribution in [0.3, 0.4) is 0 Å². The lowest BCUT2D eigenvalue weighted by atomic mass is 10.1. The second-order valence-electron chi connectivity index (χ2n) is 4.84. The first-order valence-corrected chi connectivity index (χ1v) is 7.37. The van der Waals surface area contributed by atoms with Crippen LogP contribution >= 0.6 is 23.2 Å². The number of carbonyl (C=O) groups excluding carboxylic acids is 2. The van der Waals surface area contributed by atoms with E-state index < -0.39 is 6.61 Å². The first-order chi connectivity index (χ1) is 10.0. The predicted octanol–water partition coefficient (Wildman–Crippen LogP) is 1.20. The van der Waals surface area contributed by atoms with Gasteiger partial charge in [0.2, 0.25) is 11.8 Å². The van der Waals surface area contributed by atoms with Crippen molar-refractivity contribution in [1.82, 2.24) is 9.80 Å². The summed E-state index contributed by atoms with van der Waals surface area (Å²) in [6.45, 7) is 1.37. The molecule has 21 heavy (non-hydrogen) atoms. The normalized spacial score (nSPS) is 15.2. The number of nitrogens with zero attached hydrogens (tertiary/aromatic N) is 2. The van der Waals surface area contributed by atoms with Crippen molar-refractivity contribution in [3.63, 3.8) is 0 Å². The fourth-order valence-electron chi connectivity index (χ4n) is 2.24. The van der Waals surface area contributed by atoms with E-state index in [1.54, 1.807) is 28.0 Å². The van der Waals surface area contributed by atoms with Gasteiger partial charge in [-0.25, -0.2) is 0 Å². The molecule has 114 valence electrons. The molecule has 0 spiro atoms. The number of halogens is 2. The fraction of sp³-hybridized carbons (Fsp3) is 0.429. The van der Waals surface area contributed by atoms with Crippen LogP contribution in [-0.2, 0) is 16.0 Å². The molecule has 2 rings (SSSR count). The molecule has 0 unspecified atom stereocenters. The predicted molar refractivity (Wildman–Crippen MR) is 80.4 cm³/mol. The molecule has 0 bridgehead atoms. The number of benzene rings is 1. The Kier molecular flexibility index (Phi) is 5.45. The molecular weight excluding hydrogens is 315 g/mol. The molecule has 0 aromatic heterocycles. The van der Waals surface area contributed by atoms with Gasteiger partial charge in [-0.1, -0.05) is 29.3 Å². The summed E-state index contributed by atoms with van der Waals surface area (Å²) in [5.41, 5.74) is 0.809. The van der Waals surface area contributed by atoms with Crippen LogP contribution in [0, 0.1) is 0 Å². The van der Waals surface area contributed by atoms with Crippen LogP contribution in [0.5, 0.6) is 0 Å². The molecule has 1 saturated heterocycles. The summed E-state index contributed by atoms with van der Waals surface area (Å²) in [6.07, 6.45) is 0.255. The third-order valence-corrected chi connectivity index (χ3v) is 4.20. The van der Waals surface area contributed by atoms with Gasteiger partial charge in [-0.3, -0.25) is 9.59 Å². The Morgan fingerprint density at radius 3 is 2.10 bits per heavy atom. The summed E-state index contributed by atoms with van der Waals surface area (Å²) in [4.78, 5) is 26.8. The number of carbonyl (C=O) groups is 2. The Balaban J connectivity index is 1.90. The molecule has 1 fully saturated rings. The minimum absolute atomic E-state index is 0.00973. The van der Waals surface area contributed by atoms with Crippen molar-refractivity contribution in [1.29, 1.82) is 0 Å². The van der Waals surface area contributed by atoms with E-state index in [1.807, 2.05) is 0 Å². The van der Waals surface area contributed by atoms with Gasteiger partial charge in [0.1, 0.15) is 6.61 Å². The lowest BCUT2D eigenvalue weighted by Gasteiger charge is -2.34. The molecule has 1 aromatic carbocycles. The van der Waals surface area contributed by atoms with Gasteiger partial charge >= 0.3 is 0 Å². The molecule has 1 heterocycles. The second-order valence-corrected chi connectivity index (χ2v) is 5.66. The first-order valence-electron chi connectivity index (χ1n) is 6.61. The first kappa shape index (κ1) is 16.1. The molecule has 1 aliphatic heterocycles. The number of hydrogen-bond donors (Lipinski definition) is 1. The van der Waals surface area contributed by atoms with Crippen LogP contribution in [0.15, 0.2) is 18.2 Å². The molecule has 2 amide bonds. The lowest BCUT2D eigenvalue weighted by Crippen LogP contribution is -2.51. The summed E-state index contributed by atoms with van der Waals surface area (Å²) in [6, 6.07) is 5.13. The molecular formula is C14H16Cl2N2O3. The van der Waals surface area contributed by atoms with Crippen LogP contribution < -0.4 is 0 Å². The summed E-state index contributed by atoms with van der Waals surface area (Å²) in [7, 11) is 0. The van der Waals surface area contributed by atoms with Gasteiger partial charge in [-0.05, 0) is 17.7 Å². The molecule has 0 saturated carbocycles. The average Bonchev–Trinajstić information content (AvgIpc) is 2.50. The summed E-state index contributed by atoms with van der Waals surface area (Å²) in [5, 5.41) is 9.70. The smallest absolute Gasteiger partial charge is 0.248 e. The van der Waals surface area contributed by atoms with E-state index in [0.29, 0.717) is 36.2 Å². The van der Waals surface area contributed by atoms with Gasteiger partial charge in [0, 0.05) is 26.2 Å². The van der Waals surface area contributed by atoms with Crippen LogP contribution in [0.4, 0.5) is 0 Å². The standard InChI is InChI=1S/C14H16Cl2N2O3/c15-11-2-1-10(7-12(11)16)8-13(20)17-3-5-18(6-4-17)14(21)9-19/h1-2,7,19H,3-6,8-9H2. The maximum Gasteiger partial charge on any atom is 0.248 e. The Morgan fingerprint density at radius 2 is 1.57 bits per heavy atom. The Bertz CT molecular complexity index is 543. The Morgan fingerprint density at radius 1 is 1.00 bits per heavy atom. The van der Waals surface area contributed by atoms with E-state index in [0.717, 1.165) is 5.56 Å². The van der Waals surface area contributed by atoms with E-state index >= 15 is 0 Å². The summed E-state index contributed by atoms with van der Waals surface area (Å²) >= 11 is 11.8. The van der Waals surface area contributed by atoms with Gasteiger partial charge in [0.05, 0.1) is 16.5 Å². The van der Waals surface area contributed by atoms with Crippen LogP contribution in [-0.4, -0.2) is 59.5 Å². The number of rotatable bonds is 3. The summed E-state index contributed by atoms with van der Waals surface area (Å²) in [5.74, 6) is -0.309. The fourth-order valence-corrected chi connectivity index (χ4v) is 2.56. The SMILES string of the molecule is O=C(CO)N1CCN(C(=O)Cc2ccc(Cl)c(Cl)c2)CC1. The van der Waals surface area contributed by atoms with Crippen molar-refractivity contribution in [2.45, 2.75) is 6.42 Å². The number of piperazine rings is 1. The van der Waals surface area contributed by atoms with Gasteiger partial charge in [0.25, 0.3) is 0 Å². The zero-order valence-electron chi connectivity index (χ0n) is 11.4. The third kappa shape index (κ3) is 4.09. The maximum absolute atomic E-state index is 12.2. The molecule has 0 atom stereocenters. The molecule has 1 aliphatic rings. The molecule has 0 radical (unpaired) electrons. The minimum Gasteiger partial charge on any atom is -0.387 e. The second kappa shape index (κ2) is 7.11. The van der Waals surface area contributed by atoms with Crippen molar-refractivity contribution < 1.29 is 14.7 Å². The van der Waals surface area contributed by atoms with Gasteiger partial charge in [-0.15, -0.1) is 0 Å². The lowest BCUT2D eigenvalue weighted by molar-refractivity contribution is -0.140. The molecule has 0 aliphatic carbocycles. The minimum atomic E-state index is -0.489. The van der Waals surface area contributed by atoms with Crippen molar-refractivity contribution in [3.8, 4) is 0 Å². The highest BCUT2D eigenvalue weighted by atomic mass is 35.5. The zero-order chi connectivity index (χ0) is 15.4. The van der Waals surface area contributed by atoms with Gasteiger partial charge < -0.3 is 14.9 Å². The number of aliphatic hydroxyl groups is 1. The van der Waals surface area contributed by atoms with Gasteiger partial charge in [-0.2, -0.15) is 0 Å². The molecule has 1 N–H and O–H groups in total. The highest BCUT2D eigenvalue weighted by Crippen LogP contribution is 2.23. The van der Waals surface area contributed by atoms with E-state index in [-0.39, 0.29) is 18.2 Å². The van der Waals surface area contributed by atoms with Gasteiger partial charge in [0.15, 0.2) is 0 Å². The molecule has 5 nitrogen and oxygen atoms in total. The highest BCUT2D eigenvalue weighted by Gasteiger charge is 2.23. The third-order valence-electron chi connectivity index (χ3n) is 3.46. The van der Waals surface area contributed by atoms with E-state index in [1.165, 1.54) is 0 Å². The molecule has 7 heteroatoms. The topological polar surface area (TPSA) is 60.9 Å². The summed E-state index contributed by atoms with van der Waals surface area (Å²) < 4.78 is 0. The van der Waals surface area contributed by atoms with Crippen molar-refractivity contribution >= 4 is 35.0 Å². The Labute approximate surface area is 133 Å². The largest absolute Gasteiger partial charge is 0.387 e. The van der Waals surface area contributed by atoms with Crippen LogP contribution in [0.25, 0.3) is 0 Å². The van der Waals surface area contributed by atoms with Crippen molar-refractivity contribution in [2.24, 2.45) is 0 Å². The molecule has 1 aromatic rings. The zero-order valence-corrected chi connectivity index (χ0v) is 12.9. The van der Waals surface area contributed by atoms with Crippen molar-refractivity contribution in [2.75, 3.05) is 32.8 Å². The maximum atomic E-state index is 12.2. The number of aliphatic hydroxyl groups excluding tert-OH is 1. The monoisotopic (exact) mass is 330 g/mol. The Hall–Kier alpha value is -1.30. The quantitative estimate of drug-likeness (QED) is 0.905. The average molecular weight is 331 g/mol. The number of amides is 2. The van der Waals surface area contributed by atoms with E-state index in [9.17, 15) is 9.59 Å². The van der Waals surface area contributed by atoms with E-state index in [4.69, 9.17) is 28.3 Å². The van der Waals surface area contributed by atoms with E-state index in [2.05, 4.69) is 0 Å². The van der Waals surface area contributed by atoms with Crippen molar-refractivity contribution in [3.05, 3.63) is 33.8 Å². The number of hydrogen-bond acceptors (Lipinski definition) is 3.